The van der Waals surface area contributed by atoms with Gasteiger partial charge in [0.05, 0.1) is 28.1 Å². The van der Waals surface area contributed by atoms with Crippen LogP contribution in [0.5, 0.6) is 0 Å². The molecule has 0 saturated carbocycles. The maximum absolute atomic E-state index is 13.2. The quantitative estimate of drug-likeness (QED) is 0.496. The highest BCUT2D eigenvalue weighted by atomic mass is 35.5. The first-order valence-electron chi connectivity index (χ1n) is 8.48. The van der Waals surface area contributed by atoms with Gasteiger partial charge in [-0.2, -0.15) is 0 Å². The summed E-state index contributed by atoms with van der Waals surface area (Å²) in [5, 5.41) is 3.46. The molecule has 4 rings (SSSR count). The van der Waals surface area contributed by atoms with Crippen LogP contribution in [0.2, 0.25) is 10.0 Å². The van der Waals surface area contributed by atoms with Crippen molar-refractivity contribution in [2.75, 3.05) is 5.32 Å². The first-order valence-corrected chi connectivity index (χ1v) is 9.23. The van der Waals surface area contributed by atoms with E-state index < -0.39 is 11.8 Å². The highest BCUT2D eigenvalue weighted by Gasteiger charge is 2.23. The van der Waals surface area contributed by atoms with Crippen LogP contribution in [-0.2, 0) is 0 Å². The molecule has 0 bridgehead atoms. The first-order chi connectivity index (χ1) is 13.9. The van der Waals surface area contributed by atoms with Crippen LogP contribution in [0.25, 0.3) is 16.9 Å². The number of rotatable bonds is 4. The van der Waals surface area contributed by atoms with E-state index in [4.69, 9.17) is 33.4 Å². The van der Waals surface area contributed by atoms with Crippen molar-refractivity contribution >= 4 is 51.8 Å². The number of carbonyl (C=O) groups is 2. The Morgan fingerprint density at radius 3 is 2.72 bits per heavy atom. The molecule has 0 aliphatic heterocycles. The molecule has 3 aromatic heterocycles. The van der Waals surface area contributed by atoms with Gasteiger partial charge in [-0.3, -0.25) is 14.2 Å². The highest BCUT2D eigenvalue weighted by Crippen LogP contribution is 2.30. The van der Waals surface area contributed by atoms with Crippen LogP contribution in [-0.4, -0.2) is 21.4 Å². The van der Waals surface area contributed by atoms with Gasteiger partial charge in [0.25, 0.3) is 11.8 Å². The number of benzene rings is 1. The van der Waals surface area contributed by atoms with Gasteiger partial charge in [-0.15, -0.1) is 0 Å². The second-order valence-electron chi connectivity index (χ2n) is 6.31. The van der Waals surface area contributed by atoms with Gasteiger partial charge in [-0.25, -0.2) is 4.98 Å². The van der Waals surface area contributed by atoms with Crippen LogP contribution >= 0.6 is 23.2 Å². The second-order valence-corrected chi connectivity index (χ2v) is 7.15. The van der Waals surface area contributed by atoms with Gasteiger partial charge in [0.1, 0.15) is 5.69 Å². The molecule has 0 atom stereocenters. The third-order valence-electron chi connectivity index (χ3n) is 4.41. The zero-order valence-electron chi connectivity index (χ0n) is 15.1. The molecule has 0 fully saturated rings. The lowest BCUT2D eigenvalue weighted by atomic mass is 10.1. The van der Waals surface area contributed by atoms with Crippen molar-refractivity contribution in [3.05, 3.63) is 75.7 Å². The number of nitrogens with zero attached hydrogens (tertiary/aromatic N) is 2. The average Bonchev–Trinajstić information content (AvgIpc) is 3.25. The molecule has 0 aliphatic carbocycles. The molecule has 3 N–H and O–H groups in total. The maximum atomic E-state index is 13.2. The van der Waals surface area contributed by atoms with Crippen molar-refractivity contribution in [1.29, 1.82) is 0 Å². The number of aromatic nitrogens is 2. The fraction of sp³-hybridized carbons (Fsp3) is 0.0500. The Bertz CT molecular complexity index is 1280. The number of anilines is 1. The van der Waals surface area contributed by atoms with Crippen molar-refractivity contribution in [1.82, 2.24) is 9.55 Å². The molecule has 2 amide bonds. The van der Waals surface area contributed by atoms with Crippen LogP contribution in [0.4, 0.5) is 5.69 Å². The van der Waals surface area contributed by atoms with E-state index in [9.17, 15) is 9.59 Å². The third-order valence-corrected chi connectivity index (χ3v) is 4.92. The van der Waals surface area contributed by atoms with Crippen molar-refractivity contribution in [3.63, 3.8) is 0 Å². The van der Waals surface area contributed by atoms with E-state index in [-0.39, 0.29) is 16.9 Å². The normalized spacial score (nSPS) is 11.0. The Morgan fingerprint density at radius 1 is 1.21 bits per heavy atom. The number of aryl methyl sites for hydroxylation is 1. The molecule has 0 unspecified atom stereocenters. The van der Waals surface area contributed by atoms with E-state index >= 15 is 0 Å². The molecule has 4 aromatic rings. The van der Waals surface area contributed by atoms with Gasteiger partial charge >= 0.3 is 0 Å². The van der Waals surface area contributed by atoms with Gasteiger partial charge in [-0.05, 0) is 36.8 Å². The minimum absolute atomic E-state index is 0.112. The number of hydrogen-bond donors (Lipinski definition) is 2. The Kier molecular flexibility index (Phi) is 4.77. The predicted octanol–water partition coefficient (Wildman–Crippen LogP) is 4.58. The van der Waals surface area contributed by atoms with Crippen LogP contribution in [0.3, 0.4) is 0 Å². The Morgan fingerprint density at radius 2 is 2.00 bits per heavy atom. The van der Waals surface area contributed by atoms with Crippen LogP contribution in [0.15, 0.2) is 53.3 Å². The summed E-state index contributed by atoms with van der Waals surface area (Å²) < 4.78 is 7.03. The summed E-state index contributed by atoms with van der Waals surface area (Å²) in [5.41, 5.74) is 7.78. The molecule has 0 aliphatic rings. The fourth-order valence-corrected chi connectivity index (χ4v) is 3.62. The summed E-state index contributed by atoms with van der Waals surface area (Å²) in [6, 6.07) is 9.69. The molecule has 146 valence electrons. The number of nitrogens with two attached hydrogens (primary N) is 1. The molecule has 7 nitrogen and oxygen atoms in total. The van der Waals surface area contributed by atoms with E-state index in [1.807, 2.05) is 0 Å². The Labute approximate surface area is 175 Å². The van der Waals surface area contributed by atoms with E-state index in [0.29, 0.717) is 32.5 Å². The Balaban J connectivity index is 1.84. The standard InChI is InChI=1S/C20H14Cl2N4O3/c1-10-7-11(21)8-12(18(23)27)17(10)25-20(28)15-9-16-14(4-6-29-16)26(15)19-13(22)3-2-5-24-19/h2-9H,1H3,(H2,23,27)(H,25,28). The van der Waals surface area contributed by atoms with Crippen molar-refractivity contribution < 1.29 is 14.0 Å². The van der Waals surface area contributed by atoms with Gasteiger partial charge in [0, 0.05) is 23.4 Å². The lowest BCUT2D eigenvalue weighted by Gasteiger charge is -2.14. The number of fused-ring (bicyclic) bond motifs is 1. The van der Waals surface area contributed by atoms with Gasteiger partial charge in [0.2, 0.25) is 0 Å². The van der Waals surface area contributed by atoms with E-state index in [1.165, 1.54) is 12.3 Å². The maximum Gasteiger partial charge on any atom is 0.272 e. The molecule has 1 aromatic carbocycles. The average molecular weight is 429 g/mol. The molecule has 0 radical (unpaired) electrons. The summed E-state index contributed by atoms with van der Waals surface area (Å²) in [5.74, 6) is -0.826. The van der Waals surface area contributed by atoms with Crippen LogP contribution < -0.4 is 11.1 Å². The minimum Gasteiger partial charge on any atom is -0.463 e. The number of carbonyl (C=O) groups excluding carboxylic acids is 2. The SMILES string of the molecule is Cc1cc(Cl)cc(C(N)=O)c1NC(=O)c1cc2occc2n1-c1ncccc1Cl. The van der Waals surface area contributed by atoms with Crippen molar-refractivity contribution in [2.45, 2.75) is 6.92 Å². The molecule has 3 heterocycles. The highest BCUT2D eigenvalue weighted by molar-refractivity contribution is 6.32. The van der Waals surface area contributed by atoms with E-state index in [1.54, 1.807) is 48.0 Å². The van der Waals surface area contributed by atoms with Gasteiger partial charge in [-0.1, -0.05) is 23.2 Å². The fourth-order valence-electron chi connectivity index (χ4n) is 3.14. The van der Waals surface area contributed by atoms with Gasteiger partial charge in [0.15, 0.2) is 11.4 Å². The Hall–Kier alpha value is -3.29. The number of nitrogens with one attached hydrogen (secondary N) is 1. The number of amides is 2. The number of hydrogen-bond acceptors (Lipinski definition) is 4. The summed E-state index contributed by atoms with van der Waals surface area (Å²) in [6.45, 7) is 1.72. The topological polar surface area (TPSA) is 103 Å². The second kappa shape index (κ2) is 7.27. The number of primary amides is 1. The van der Waals surface area contributed by atoms with Gasteiger partial charge < -0.3 is 15.5 Å². The number of pyridine rings is 1. The zero-order chi connectivity index (χ0) is 20.7. The first kappa shape index (κ1) is 19.0. The largest absolute Gasteiger partial charge is 0.463 e. The molecule has 0 saturated heterocycles. The number of furan rings is 1. The molecular formula is C20H14Cl2N4O3. The lowest BCUT2D eigenvalue weighted by molar-refractivity contribution is 0.100. The molecular weight excluding hydrogens is 415 g/mol. The molecule has 9 heteroatoms. The predicted molar refractivity (Wildman–Crippen MR) is 111 cm³/mol. The van der Waals surface area contributed by atoms with E-state index in [0.717, 1.165) is 0 Å². The number of halogens is 2. The summed E-state index contributed by atoms with van der Waals surface area (Å²) >= 11 is 12.3. The van der Waals surface area contributed by atoms with Crippen molar-refractivity contribution in [3.8, 4) is 5.82 Å². The third kappa shape index (κ3) is 3.35. The zero-order valence-corrected chi connectivity index (χ0v) is 16.6. The minimum atomic E-state index is -0.706. The lowest BCUT2D eigenvalue weighted by Crippen LogP contribution is -2.21. The van der Waals surface area contributed by atoms with Crippen LogP contribution in [0, 0.1) is 6.92 Å². The van der Waals surface area contributed by atoms with Crippen molar-refractivity contribution in [2.24, 2.45) is 5.73 Å². The summed E-state index contributed by atoms with van der Waals surface area (Å²) in [4.78, 5) is 29.3. The van der Waals surface area contributed by atoms with E-state index in [2.05, 4.69) is 10.3 Å². The summed E-state index contributed by atoms with van der Waals surface area (Å²) in [6.07, 6.45) is 3.08. The van der Waals surface area contributed by atoms with Crippen LogP contribution in [0.1, 0.15) is 26.4 Å². The monoisotopic (exact) mass is 428 g/mol. The molecule has 29 heavy (non-hydrogen) atoms. The smallest absolute Gasteiger partial charge is 0.272 e. The molecule has 0 spiro atoms. The summed E-state index contributed by atoms with van der Waals surface area (Å²) in [7, 11) is 0.